The Balaban J connectivity index is 0.00000256. The van der Waals surface area contributed by atoms with Crippen molar-refractivity contribution in [3.63, 3.8) is 0 Å². The van der Waals surface area contributed by atoms with Crippen molar-refractivity contribution in [2.45, 2.75) is 25.1 Å². The summed E-state index contributed by atoms with van der Waals surface area (Å²) in [6, 6.07) is 0. The van der Waals surface area contributed by atoms with Crippen molar-refractivity contribution in [1.82, 2.24) is 4.90 Å². The normalized spacial score (nSPS) is 26.6. The number of amides is 1. The zero-order chi connectivity index (χ0) is 12.6. The van der Waals surface area contributed by atoms with Gasteiger partial charge in [-0.25, -0.2) is 0 Å². The number of carbonyl (C=O) groups excluding carboxylic acids is 1. The van der Waals surface area contributed by atoms with E-state index in [1.54, 1.807) is 6.92 Å². The monoisotopic (exact) mass is 276 g/mol. The van der Waals surface area contributed by atoms with Gasteiger partial charge in [0.1, 0.15) is 0 Å². The highest BCUT2D eigenvalue weighted by Gasteiger charge is 2.57. The summed E-state index contributed by atoms with van der Waals surface area (Å²) in [6.07, 6.45) is -5.17. The molecule has 4 nitrogen and oxygen atoms in total. The van der Waals surface area contributed by atoms with E-state index < -0.39 is 36.6 Å². The fraction of sp³-hybridized carbons (Fsp3) is 0.889. The van der Waals surface area contributed by atoms with E-state index in [0.29, 0.717) is 0 Å². The summed E-state index contributed by atoms with van der Waals surface area (Å²) in [6.45, 7) is 0.853. The molecule has 1 aliphatic heterocycles. The number of β-amino-alcohol motifs (C(OH)–C–C–N with tert-alkyl or cyclic N) is 1. The first-order valence-corrected chi connectivity index (χ1v) is 4.99. The predicted octanol–water partition coefficient (Wildman–Crippen LogP) is 0.529. The maximum atomic E-state index is 12.5. The number of nitrogens with two attached hydrogens (primary N) is 1. The second-order valence-electron chi connectivity index (χ2n) is 4.18. The Bertz CT molecular complexity index is 288. The van der Waals surface area contributed by atoms with Crippen LogP contribution < -0.4 is 5.73 Å². The molecule has 17 heavy (non-hydrogen) atoms. The highest BCUT2D eigenvalue weighted by Crippen LogP contribution is 2.37. The lowest BCUT2D eigenvalue weighted by Gasteiger charge is -2.26. The molecule has 1 heterocycles. The number of alkyl halides is 3. The minimum absolute atomic E-state index is 0. The average Bonchev–Trinajstić information content (AvgIpc) is 2.59. The van der Waals surface area contributed by atoms with Crippen LogP contribution >= 0.6 is 12.4 Å². The summed E-state index contributed by atoms with van der Waals surface area (Å²) < 4.78 is 37.4. The molecule has 0 radical (unpaired) electrons. The molecular weight excluding hydrogens is 261 g/mol. The van der Waals surface area contributed by atoms with E-state index in [9.17, 15) is 23.1 Å². The van der Waals surface area contributed by atoms with Crippen LogP contribution in [-0.2, 0) is 4.79 Å². The largest absolute Gasteiger partial charge is 0.419 e. The van der Waals surface area contributed by atoms with Crippen LogP contribution in [0.25, 0.3) is 0 Å². The van der Waals surface area contributed by atoms with Crippen LogP contribution in [0, 0.1) is 5.92 Å². The molecule has 0 aromatic heterocycles. The lowest BCUT2D eigenvalue weighted by molar-refractivity contribution is -0.253. The van der Waals surface area contributed by atoms with E-state index in [-0.39, 0.29) is 25.5 Å². The lowest BCUT2D eigenvalue weighted by Crippen LogP contribution is -2.48. The third-order valence-corrected chi connectivity index (χ3v) is 2.86. The van der Waals surface area contributed by atoms with Gasteiger partial charge in [0.05, 0.1) is 6.54 Å². The molecule has 8 heteroatoms. The van der Waals surface area contributed by atoms with Gasteiger partial charge >= 0.3 is 6.18 Å². The summed E-state index contributed by atoms with van der Waals surface area (Å²) in [5.41, 5.74) is 2.49. The predicted molar refractivity (Wildman–Crippen MR) is 57.7 cm³/mol. The molecule has 0 aliphatic carbocycles. The number of hydrogen-bond donors (Lipinski definition) is 2. The van der Waals surface area contributed by atoms with Crippen LogP contribution in [0.3, 0.4) is 0 Å². The van der Waals surface area contributed by atoms with Gasteiger partial charge in [-0.3, -0.25) is 4.79 Å². The highest BCUT2D eigenvalue weighted by atomic mass is 35.5. The minimum Gasteiger partial charge on any atom is -0.379 e. The van der Waals surface area contributed by atoms with Crippen LogP contribution in [0.2, 0.25) is 0 Å². The van der Waals surface area contributed by atoms with Gasteiger partial charge in [-0.15, -0.1) is 12.4 Å². The summed E-state index contributed by atoms with van der Waals surface area (Å²) in [5, 5.41) is 9.35. The quantitative estimate of drug-likeness (QED) is 0.773. The number of aliphatic hydroxyl groups is 1. The molecule has 1 rings (SSSR count). The van der Waals surface area contributed by atoms with Gasteiger partial charge in [-0.2, -0.15) is 13.2 Å². The molecule has 0 aromatic carbocycles. The molecule has 1 fully saturated rings. The molecule has 1 amide bonds. The first-order chi connectivity index (χ1) is 7.21. The van der Waals surface area contributed by atoms with E-state index >= 15 is 0 Å². The van der Waals surface area contributed by atoms with Gasteiger partial charge in [-0.1, -0.05) is 6.92 Å². The maximum Gasteiger partial charge on any atom is 0.419 e. The molecular formula is C9H16ClF3N2O2. The standard InChI is InChI=1S/C9H15F3N2O2.ClH/c1-6(4-13)7(15)14-3-2-8(16,5-14)9(10,11)12;/h6,16H,2-5,13H2,1H3;1H. The number of carbonyl (C=O) groups is 1. The van der Waals surface area contributed by atoms with Gasteiger partial charge in [0.2, 0.25) is 5.91 Å². The molecule has 1 aliphatic rings. The number of likely N-dealkylation sites (tertiary alicyclic amines) is 1. The fourth-order valence-electron chi connectivity index (χ4n) is 1.63. The zero-order valence-corrected chi connectivity index (χ0v) is 10.1. The molecule has 0 saturated carbocycles. The molecule has 2 atom stereocenters. The molecule has 0 spiro atoms. The summed E-state index contributed by atoms with van der Waals surface area (Å²) in [5.74, 6) is -0.960. The van der Waals surface area contributed by atoms with Crippen LogP contribution in [0.1, 0.15) is 13.3 Å². The first kappa shape index (κ1) is 16.5. The number of halogens is 4. The third kappa shape index (κ3) is 3.23. The zero-order valence-electron chi connectivity index (χ0n) is 9.33. The van der Waals surface area contributed by atoms with Crippen LogP contribution in [0.5, 0.6) is 0 Å². The van der Waals surface area contributed by atoms with E-state index in [1.807, 2.05) is 0 Å². The van der Waals surface area contributed by atoms with Crippen molar-refractivity contribution >= 4 is 18.3 Å². The molecule has 102 valence electrons. The SMILES string of the molecule is CC(CN)C(=O)N1CCC(O)(C(F)(F)F)C1.Cl. The van der Waals surface area contributed by atoms with Gasteiger partial charge in [0.25, 0.3) is 0 Å². The van der Waals surface area contributed by atoms with Crippen LogP contribution in [0.15, 0.2) is 0 Å². The molecule has 2 unspecified atom stereocenters. The van der Waals surface area contributed by atoms with Gasteiger partial charge in [-0.05, 0) is 0 Å². The number of rotatable bonds is 2. The second kappa shape index (κ2) is 5.41. The molecule has 0 aromatic rings. The van der Waals surface area contributed by atoms with Crippen molar-refractivity contribution < 1.29 is 23.1 Å². The first-order valence-electron chi connectivity index (χ1n) is 4.99. The van der Waals surface area contributed by atoms with E-state index in [1.165, 1.54) is 0 Å². The minimum atomic E-state index is -4.70. The average molecular weight is 277 g/mol. The van der Waals surface area contributed by atoms with Crippen molar-refractivity contribution in [3.8, 4) is 0 Å². The van der Waals surface area contributed by atoms with Gasteiger partial charge in [0.15, 0.2) is 5.60 Å². The Morgan fingerprint density at radius 3 is 2.47 bits per heavy atom. The van der Waals surface area contributed by atoms with Crippen LogP contribution in [-0.4, -0.2) is 47.3 Å². The van der Waals surface area contributed by atoms with Crippen molar-refractivity contribution in [2.75, 3.05) is 19.6 Å². The highest BCUT2D eigenvalue weighted by molar-refractivity contribution is 5.85. The Morgan fingerprint density at radius 1 is 1.59 bits per heavy atom. The Kier molecular flexibility index (Phi) is 5.24. The van der Waals surface area contributed by atoms with Crippen LogP contribution in [0.4, 0.5) is 13.2 Å². The van der Waals surface area contributed by atoms with Crippen molar-refractivity contribution in [3.05, 3.63) is 0 Å². The van der Waals surface area contributed by atoms with E-state index in [0.717, 1.165) is 4.90 Å². The Hall–Kier alpha value is -0.530. The second-order valence-corrected chi connectivity index (χ2v) is 4.18. The van der Waals surface area contributed by atoms with Gasteiger partial charge in [0, 0.05) is 25.4 Å². The Morgan fingerprint density at radius 2 is 2.12 bits per heavy atom. The Labute approximate surface area is 103 Å². The topological polar surface area (TPSA) is 66.6 Å². The smallest absolute Gasteiger partial charge is 0.379 e. The maximum absolute atomic E-state index is 12.5. The summed E-state index contributed by atoms with van der Waals surface area (Å²) in [4.78, 5) is 12.6. The summed E-state index contributed by atoms with van der Waals surface area (Å²) >= 11 is 0. The van der Waals surface area contributed by atoms with Gasteiger partial charge < -0.3 is 15.7 Å². The lowest BCUT2D eigenvalue weighted by atomic mass is 10.0. The third-order valence-electron chi connectivity index (χ3n) is 2.86. The number of nitrogens with zero attached hydrogens (tertiary/aromatic N) is 1. The number of hydrogen-bond acceptors (Lipinski definition) is 3. The van der Waals surface area contributed by atoms with Crippen molar-refractivity contribution in [1.29, 1.82) is 0 Å². The molecule has 0 bridgehead atoms. The molecule has 3 N–H and O–H groups in total. The van der Waals surface area contributed by atoms with E-state index in [4.69, 9.17) is 5.73 Å². The molecule has 1 saturated heterocycles. The van der Waals surface area contributed by atoms with Crippen molar-refractivity contribution in [2.24, 2.45) is 11.7 Å². The van der Waals surface area contributed by atoms with E-state index in [2.05, 4.69) is 0 Å². The summed E-state index contributed by atoms with van der Waals surface area (Å²) in [7, 11) is 0. The fourth-order valence-corrected chi connectivity index (χ4v) is 1.63.